The average molecular weight is 280 g/mol. The fourth-order valence-corrected chi connectivity index (χ4v) is 3.23. The molecule has 2 saturated carbocycles. The first-order valence-electron chi connectivity index (χ1n) is 8.85. The van der Waals surface area contributed by atoms with Gasteiger partial charge in [0.05, 0.1) is 12.6 Å². The van der Waals surface area contributed by atoms with Crippen molar-refractivity contribution in [2.75, 3.05) is 6.61 Å². The molecule has 3 nitrogen and oxygen atoms in total. The van der Waals surface area contributed by atoms with Gasteiger partial charge in [-0.25, -0.2) is 4.99 Å². The summed E-state index contributed by atoms with van der Waals surface area (Å²) in [4.78, 5) is 4.88. The number of unbranched alkanes of at least 4 members (excludes halogenated alkanes) is 1. The maximum absolute atomic E-state index is 5.93. The van der Waals surface area contributed by atoms with Gasteiger partial charge in [-0.3, -0.25) is 0 Å². The van der Waals surface area contributed by atoms with Gasteiger partial charge in [-0.1, -0.05) is 51.9 Å². The molecule has 0 heterocycles. The van der Waals surface area contributed by atoms with Crippen LogP contribution >= 0.6 is 0 Å². The molecule has 1 N–H and O–H groups in total. The summed E-state index contributed by atoms with van der Waals surface area (Å²) in [6, 6.07) is 1.93. The molecule has 2 fully saturated rings. The number of rotatable bonds is 5. The molecular formula is C17H32N2O. The summed E-state index contributed by atoms with van der Waals surface area (Å²) in [6.45, 7) is 3.01. The molecule has 2 aliphatic carbocycles. The summed E-state index contributed by atoms with van der Waals surface area (Å²) in [5.41, 5.74) is 0. The molecule has 20 heavy (non-hydrogen) atoms. The lowest BCUT2D eigenvalue weighted by Gasteiger charge is -2.26. The molecule has 0 aromatic carbocycles. The van der Waals surface area contributed by atoms with E-state index >= 15 is 0 Å². The van der Waals surface area contributed by atoms with Crippen LogP contribution in [0.1, 0.15) is 84.0 Å². The summed E-state index contributed by atoms with van der Waals surface area (Å²) in [7, 11) is 0. The highest BCUT2D eigenvalue weighted by molar-refractivity contribution is 5.74. The van der Waals surface area contributed by atoms with Crippen LogP contribution in [0, 0.1) is 0 Å². The van der Waals surface area contributed by atoms with Crippen LogP contribution in [-0.2, 0) is 4.74 Å². The maximum Gasteiger partial charge on any atom is 0.285 e. The van der Waals surface area contributed by atoms with Gasteiger partial charge >= 0.3 is 0 Å². The highest BCUT2D eigenvalue weighted by Gasteiger charge is 2.18. The molecule has 0 spiro atoms. The molecule has 2 rings (SSSR count). The van der Waals surface area contributed by atoms with E-state index in [2.05, 4.69) is 12.2 Å². The van der Waals surface area contributed by atoms with Crippen LogP contribution in [-0.4, -0.2) is 24.7 Å². The predicted molar refractivity (Wildman–Crippen MR) is 85.2 cm³/mol. The summed E-state index contributed by atoms with van der Waals surface area (Å²) in [5.74, 6) is 0. The van der Waals surface area contributed by atoms with E-state index < -0.39 is 0 Å². The molecular weight excluding hydrogens is 248 g/mol. The second-order valence-corrected chi connectivity index (χ2v) is 6.41. The van der Waals surface area contributed by atoms with Gasteiger partial charge < -0.3 is 10.1 Å². The van der Waals surface area contributed by atoms with E-state index in [9.17, 15) is 0 Å². The molecule has 0 saturated heterocycles. The van der Waals surface area contributed by atoms with E-state index in [-0.39, 0.29) is 0 Å². The zero-order chi connectivity index (χ0) is 14.0. The minimum atomic E-state index is 0.497. The van der Waals surface area contributed by atoms with Crippen molar-refractivity contribution in [3.8, 4) is 0 Å². The fourth-order valence-electron chi connectivity index (χ4n) is 3.23. The number of nitrogens with one attached hydrogen (secondary N) is 1. The second-order valence-electron chi connectivity index (χ2n) is 6.41. The average Bonchev–Trinajstić information content (AvgIpc) is 2.49. The quantitative estimate of drug-likeness (QED) is 0.459. The molecule has 116 valence electrons. The highest BCUT2D eigenvalue weighted by Crippen LogP contribution is 2.21. The molecule has 2 aliphatic rings. The molecule has 0 bridgehead atoms. The van der Waals surface area contributed by atoms with Crippen LogP contribution in [0.15, 0.2) is 4.99 Å². The van der Waals surface area contributed by atoms with Gasteiger partial charge in [0.15, 0.2) is 0 Å². The first kappa shape index (κ1) is 15.7. The van der Waals surface area contributed by atoms with Crippen molar-refractivity contribution < 1.29 is 4.74 Å². The summed E-state index contributed by atoms with van der Waals surface area (Å²) >= 11 is 0. The van der Waals surface area contributed by atoms with Gasteiger partial charge in [-0.15, -0.1) is 0 Å². The summed E-state index contributed by atoms with van der Waals surface area (Å²) in [5, 5.41) is 3.59. The Bertz CT molecular complexity index is 279. The van der Waals surface area contributed by atoms with E-state index in [1.54, 1.807) is 0 Å². The van der Waals surface area contributed by atoms with Crippen LogP contribution < -0.4 is 5.32 Å². The summed E-state index contributed by atoms with van der Waals surface area (Å²) in [6.07, 6.45) is 15.5. The number of hydrogen-bond donors (Lipinski definition) is 1. The van der Waals surface area contributed by atoms with Crippen LogP contribution in [0.25, 0.3) is 0 Å². The van der Waals surface area contributed by atoms with E-state index in [0.29, 0.717) is 12.1 Å². The third kappa shape index (κ3) is 5.72. The Morgan fingerprint density at radius 1 is 1.00 bits per heavy atom. The molecule has 0 aliphatic heterocycles. The Morgan fingerprint density at radius 3 is 2.30 bits per heavy atom. The van der Waals surface area contributed by atoms with E-state index in [1.165, 1.54) is 70.6 Å². The van der Waals surface area contributed by atoms with E-state index in [0.717, 1.165) is 19.0 Å². The number of hydrogen-bond acceptors (Lipinski definition) is 2. The van der Waals surface area contributed by atoms with E-state index in [4.69, 9.17) is 9.73 Å². The normalized spacial score (nSPS) is 22.8. The van der Waals surface area contributed by atoms with Gasteiger partial charge in [0.2, 0.25) is 0 Å². The van der Waals surface area contributed by atoms with E-state index in [1.807, 2.05) is 0 Å². The SMILES string of the molecule is CCCCO/C(=N\C1CCCCC1)NC1CCCCC1. The van der Waals surface area contributed by atoms with Gasteiger partial charge in [0, 0.05) is 6.04 Å². The Labute approximate surface area is 124 Å². The lowest BCUT2D eigenvalue weighted by atomic mass is 9.95. The van der Waals surface area contributed by atoms with Gasteiger partial charge in [-0.05, 0) is 32.1 Å². The third-order valence-corrected chi connectivity index (χ3v) is 4.54. The molecule has 0 radical (unpaired) electrons. The van der Waals surface area contributed by atoms with Crippen molar-refractivity contribution in [2.24, 2.45) is 4.99 Å². The number of nitrogens with zero attached hydrogens (tertiary/aromatic N) is 1. The Morgan fingerprint density at radius 2 is 1.65 bits per heavy atom. The molecule has 3 heteroatoms. The molecule has 0 aromatic rings. The predicted octanol–water partition coefficient (Wildman–Crippen LogP) is 4.41. The van der Waals surface area contributed by atoms with Crippen LogP contribution in [0.5, 0.6) is 0 Å². The molecule has 0 amide bonds. The first-order chi connectivity index (χ1) is 9.88. The first-order valence-corrected chi connectivity index (χ1v) is 8.85. The van der Waals surface area contributed by atoms with Gasteiger partial charge in [-0.2, -0.15) is 0 Å². The van der Waals surface area contributed by atoms with Crippen molar-refractivity contribution in [3.05, 3.63) is 0 Å². The van der Waals surface area contributed by atoms with Crippen molar-refractivity contribution in [1.82, 2.24) is 5.32 Å². The lowest BCUT2D eigenvalue weighted by molar-refractivity contribution is 0.263. The minimum absolute atomic E-state index is 0.497. The monoisotopic (exact) mass is 280 g/mol. The molecule has 0 unspecified atom stereocenters. The zero-order valence-corrected chi connectivity index (χ0v) is 13.2. The Hall–Kier alpha value is -0.730. The Balaban J connectivity index is 1.85. The number of ether oxygens (including phenoxy) is 1. The maximum atomic E-state index is 5.93. The molecule has 0 atom stereocenters. The standard InChI is InChI=1S/C17H32N2O/c1-2-3-14-20-17(18-15-10-6-4-7-11-15)19-16-12-8-5-9-13-16/h15-16H,2-14H2,1H3,(H,18,19). The number of aliphatic imine (C=N–C) groups is 1. The van der Waals surface area contributed by atoms with Crippen molar-refractivity contribution in [3.63, 3.8) is 0 Å². The van der Waals surface area contributed by atoms with Gasteiger partial charge in [0.25, 0.3) is 6.02 Å². The zero-order valence-electron chi connectivity index (χ0n) is 13.2. The third-order valence-electron chi connectivity index (χ3n) is 4.54. The highest BCUT2D eigenvalue weighted by atomic mass is 16.5. The minimum Gasteiger partial charge on any atom is -0.465 e. The fraction of sp³-hybridized carbons (Fsp3) is 0.941. The van der Waals surface area contributed by atoms with Crippen LogP contribution in [0.2, 0.25) is 0 Å². The van der Waals surface area contributed by atoms with Gasteiger partial charge in [0.1, 0.15) is 0 Å². The number of amidine groups is 1. The second kappa shape index (κ2) is 9.25. The largest absolute Gasteiger partial charge is 0.465 e. The smallest absolute Gasteiger partial charge is 0.285 e. The summed E-state index contributed by atoms with van der Waals surface area (Å²) < 4.78 is 5.93. The van der Waals surface area contributed by atoms with Crippen LogP contribution in [0.3, 0.4) is 0 Å². The Kier molecular flexibility index (Phi) is 7.24. The van der Waals surface area contributed by atoms with Crippen molar-refractivity contribution in [1.29, 1.82) is 0 Å². The van der Waals surface area contributed by atoms with Crippen LogP contribution in [0.4, 0.5) is 0 Å². The lowest BCUT2D eigenvalue weighted by Crippen LogP contribution is -2.38. The molecule has 0 aromatic heterocycles. The van der Waals surface area contributed by atoms with Crippen molar-refractivity contribution in [2.45, 2.75) is 96.1 Å². The topological polar surface area (TPSA) is 33.6 Å². The van der Waals surface area contributed by atoms with Crippen molar-refractivity contribution >= 4 is 6.02 Å².